The standard InChI is InChI=1S/C11H22O4/c1-6-13-11(14-7-2,15-8-3)9(4)10(5)12/h10,12H,4,6-8H2,1-3,5H3. The third-order valence-electron chi connectivity index (χ3n) is 1.90. The van der Waals surface area contributed by atoms with Crippen LogP contribution in [0.1, 0.15) is 27.7 Å². The maximum Gasteiger partial charge on any atom is 0.310 e. The first kappa shape index (κ1) is 14.6. The second-order valence-corrected chi connectivity index (χ2v) is 3.06. The second kappa shape index (κ2) is 6.95. The number of hydrogen-bond donors (Lipinski definition) is 1. The average Bonchev–Trinajstić information content (AvgIpc) is 2.17. The fraction of sp³-hybridized carbons (Fsp3) is 0.818. The zero-order chi connectivity index (χ0) is 11.9. The molecule has 0 aromatic carbocycles. The molecule has 1 unspecified atom stereocenters. The van der Waals surface area contributed by atoms with Gasteiger partial charge in [0.2, 0.25) is 0 Å². The molecule has 0 saturated carbocycles. The van der Waals surface area contributed by atoms with E-state index in [9.17, 15) is 5.11 Å². The van der Waals surface area contributed by atoms with Crippen LogP contribution in [-0.2, 0) is 14.2 Å². The number of aliphatic hydroxyl groups is 1. The molecular weight excluding hydrogens is 196 g/mol. The molecular formula is C11H22O4. The van der Waals surface area contributed by atoms with Gasteiger partial charge in [-0.1, -0.05) is 6.58 Å². The van der Waals surface area contributed by atoms with Crippen molar-refractivity contribution in [3.63, 3.8) is 0 Å². The topological polar surface area (TPSA) is 47.9 Å². The summed E-state index contributed by atoms with van der Waals surface area (Å²) >= 11 is 0. The summed E-state index contributed by atoms with van der Waals surface area (Å²) in [6.45, 7) is 12.1. The van der Waals surface area contributed by atoms with Gasteiger partial charge in [0.05, 0.1) is 6.10 Å². The van der Waals surface area contributed by atoms with Crippen molar-refractivity contribution in [3.8, 4) is 0 Å². The van der Waals surface area contributed by atoms with Crippen LogP contribution in [0.5, 0.6) is 0 Å². The Morgan fingerprint density at radius 3 is 1.67 bits per heavy atom. The smallest absolute Gasteiger partial charge is 0.310 e. The van der Waals surface area contributed by atoms with Gasteiger partial charge < -0.3 is 19.3 Å². The molecule has 0 saturated heterocycles. The summed E-state index contributed by atoms with van der Waals surface area (Å²) in [4.78, 5) is 0. The summed E-state index contributed by atoms with van der Waals surface area (Å²) in [5.74, 6) is -1.31. The zero-order valence-corrected chi connectivity index (χ0v) is 10.1. The predicted molar refractivity (Wildman–Crippen MR) is 58.4 cm³/mol. The third kappa shape index (κ3) is 3.91. The fourth-order valence-corrected chi connectivity index (χ4v) is 1.23. The molecule has 15 heavy (non-hydrogen) atoms. The minimum Gasteiger partial charge on any atom is -0.389 e. The Labute approximate surface area is 91.8 Å². The van der Waals surface area contributed by atoms with Gasteiger partial charge in [-0.2, -0.15) is 0 Å². The number of hydrogen-bond acceptors (Lipinski definition) is 4. The lowest BCUT2D eigenvalue weighted by atomic mass is 10.1. The van der Waals surface area contributed by atoms with Crippen LogP contribution in [0, 0.1) is 0 Å². The van der Waals surface area contributed by atoms with Crippen molar-refractivity contribution in [1.29, 1.82) is 0 Å². The summed E-state index contributed by atoms with van der Waals surface area (Å²) < 4.78 is 16.3. The predicted octanol–water partition coefficient (Wildman–Crippen LogP) is 1.69. The molecule has 0 aromatic rings. The van der Waals surface area contributed by atoms with Crippen molar-refractivity contribution >= 4 is 0 Å². The highest BCUT2D eigenvalue weighted by Gasteiger charge is 2.38. The van der Waals surface area contributed by atoms with Gasteiger partial charge in [0.25, 0.3) is 0 Å². The Kier molecular flexibility index (Phi) is 6.76. The van der Waals surface area contributed by atoms with Crippen molar-refractivity contribution in [2.75, 3.05) is 19.8 Å². The van der Waals surface area contributed by atoms with Crippen molar-refractivity contribution in [2.45, 2.75) is 39.8 Å². The van der Waals surface area contributed by atoms with E-state index in [1.165, 1.54) is 0 Å². The lowest BCUT2D eigenvalue weighted by molar-refractivity contribution is -0.356. The van der Waals surface area contributed by atoms with E-state index in [4.69, 9.17) is 14.2 Å². The molecule has 90 valence electrons. The number of aliphatic hydroxyl groups excluding tert-OH is 1. The van der Waals surface area contributed by atoms with Gasteiger partial charge in [-0.3, -0.25) is 0 Å². The Balaban J connectivity index is 4.82. The van der Waals surface area contributed by atoms with Crippen LogP contribution in [0.4, 0.5) is 0 Å². The van der Waals surface area contributed by atoms with Crippen LogP contribution >= 0.6 is 0 Å². The zero-order valence-electron chi connectivity index (χ0n) is 10.1. The highest BCUT2D eigenvalue weighted by Crippen LogP contribution is 2.26. The van der Waals surface area contributed by atoms with Crippen LogP contribution in [0.2, 0.25) is 0 Å². The summed E-state index contributed by atoms with van der Waals surface area (Å²) in [7, 11) is 0. The van der Waals surface area contributed by atoms with E-state index in [1.807, 2.05) is 20.8 Å². The molecule has 4 heteroatoms. The summed E-state index contributed by atoms with van der Waals surface area (Å²) in [6.07, 6.45) is -0.741. The van der Waals surface area contributed by atoms with E-state index in [1.54, 1.807) is 6.92 Å². The largest absolute Gasteiger partial charge is 0.389 e. The Morgan fingerprint density at radius 2 is 1.47 bits per heavy atom. The third-order valence-corrected chi connectivity index (χ3v) is 1.90. The number of rotatable bonds is 8. The highest BCUT2D eigenvalue weighted by atomic mass is 16.9. The molecule has 0 fully saturated rings. The lowest BCUT2D eigenvalue weighted by Crippen LogP contribution is -2.44. The quantitative estimate of drug-likeness (QED) is 0.497. The van der Waals surface area contributed by atoms with Crippen molar-refractivity contribution in [1.82, 2.24) is 0 Å². The van der Waals surface area contributed by atoms with Gasteiger partial charge in [0, 0.05) is 25.4 Å². The van der Waals surface area contributed by atoms with Crippen molar-refractivity contribution < 1.29 is 19.3 Å². The van der Waals surface area contributed by atoms with E-state index < -0.39 is 12.1 Å². The molecule has 0 aliphatic heterocycles. The Hall–Kier alpha value is -0.420. The Bertz CT molecular complexity index is 172. The molecule has 0 rings (SSSR count). The van der Waals surface area contributed by atoms with Crippen LogP contribution in [0.15, 0.2) is 12.2 Å². The molecule has 4 nitrogen and oxygen atoms in total. The SMILES string of the molecule is C=C(C(C)O)C(OCC)(OCC)OCC. The maximum absolute atomic E-state index is 9.50. The lowest BCUT2D eigenvalue weighted by Gasteiger charge is -2.34. The van der Waals surface area contributed by atoms with Gasteiger partial charge in [0.15, 0.2) is 0 Å². The molecule has 0 aliphatic carbocycles. The average molecular weight is 218 g/mol. The van der Waals surface area contributed by atoms with Gasteiger partial charge in [-0.15, -0.1) is 0 Å². The van der Waals surface area contributed by atoms with Crippen molar-refractivity contribution in [3.05, 3.63) is 12.2 Å². The normalized spacial score (nSPS) is 13.9. The van der Waals surface area contributed by atoms with E-state index in [2.05, 4.69) is 6.58 Å². The first-order valence-corrected chi connectivity index (χ1v) is 5.33. The molecule has 0 aliphatic rings. The van der Waals surface area contributed by atoms with E-state index >= 15 is 0 Å². The minimum absolute atomic E-state index is 0.382. The molecule has 0 bridgehead atoms. The van der Waals surface area contributed by atoms with E-state index in [0.29, 0.717) is 25.4 Å². The fourth-order valence-electron chi connectivity index (χ4n) is 1.23. The first-order valence-electron chi connectivity index (χ1n) is 5.33. The molecule has 0 radical (unpaired) electrons. The molecule has 0 spiro atoms. The van der Waals surface area contributed by atoms with Crippen LogP contribution in [-0.4, -0.2) is 37.0 Å². The molecule has 0 heterocycles. The van der Waals surface area contributed by atoms with E-state index in [-0.39, 0.29) is 0 Å². The molecule has 1 N–H and O–H groups in total. The summed E-state index contributed by atoms with van der Waals surface area (Å²) in [5.41, 5.74) is 0.382. The van der Waals surface area contributed by atoms with Gasteiger partial charge in [-0.05, 0) is 27.7 Å². The molecule has 0 amide bonds. The first-order chi connectivity index (χ1) is 7.04. The highest BCUT2D eigenvalue weighted by molar-refractivity contribution is 5.09. The van der Waals surface area contributed by atoms with Crippen LogP contribution in [0.25, 0.3) is 0 Å². The monoisotopic (exact) mass is 218 g/mol. The van der Waals surface area contributed by atoms with Gasteiger partial charge >= 0.3 is 5.97 Å². The minimum atomic E-state index is -1.31. The second-order valence-electron chi connectivity index (χ2n) is 3.06. The van der Waals surface area contributed by atoms with Gasteiger partial charge in [-0.25, -0.2) is 0 Å². The number of ether oxygens (including phenoxy) is 3. The maximum atomic E-state index is 9.50. The molecule has 0 aromatic heterocycles. The Morgan fingerprint density at radius 1 is 1.13 bits per heavy atom. The van der Waals surface area contributed by atoms with Crippen LogP contribution in [0.3, 0.4) is 0 Å². The summed E-state index contributed by atoms with van der Waals surface area (Å²) in [5, 5.41) is 9.50. The van der Waals surface area contributed by atoms with Crippen molar-refractivity contribution in [2.24, 2.45) is 0 Å². The molecule has 1 atom stereocenters. The van der Waals surface area contributed by atoms with Gasteiger partial charge in [0.1, 0.15) is 0 Å². The van der Waals surface area contributed by atoms with E-state index in [0.717, 1.165) is 0 Å². The van der Waals surface area contributed by atoms with Crippen LogP contribution < -0.4 is 0 Å². The summed E-state index contributed by atoms with van der Waals surface area (Å²) in [6, 6.07) is 0.